The summed E-state index contributed by atoms with van der Waals surface area (Å²) in [4.78, 5) is 12.8. The van der Waals surface area contributed by atoms with Crippen LogP contribution in [0.4, 0.5) is 0 Å². The highest BCUT2D eigenvalue weighted by Crippen LogP contribution is 2.32. The molecule has 2 aromatic heterocycles. The van der Waals surface area contributed by atoms with Crippen molar-refractivity contribution in [3.05, 3.63) is 54.0 Å². The summed E-state index contributed by atoms with van der Waals surface area (Å²) in [7, 11) is 0. The highest BCUT2D eigenvalue weighted by molar-refractivity contribution is 7.99. The van der Waals surface area contributed by atoms with Gasteiger partial charge >= 0.3 is 0 Å². The summed E-state index contributed by atoms with van der Waals surface area (Å²) >= 11 is 1.40. The van der Waals surface area contributed by atoms with E-state index in [1.165, 1.54) is 18.1 Å². The quantitative estimate of drug-likeness (QED) is 0.673. The number of fused-ring (bicyclic) bond motifs is 1. The molecule has 2 heterocycles. The molecule has 0 aliphatic rings. The minimum atomic E-state index is 0.597. The van der Waals surface area contributed by atoms with Crippen LogP contribution in [-0.4, -0.2) is 15.0 Å². The molecule has 0 N–H and O–H groups in total. The molecule has 4 nitrogen and oxygen atoms in total. The molecule has 0 fully saturated rings. The van der Waals surface area contributed by atoms with Gasteiger partial charge in [-0.1, -0.05) is 18.2 Å². The van der Waals surface area contributed by atoms with Gasteiger partial charge in [0, 0.05) is 11.6 Å². The van der Waals surface area contributed by atoms with Crippen molar-refractivity contribution in [2.45, 2.75) is 17.0 Å². The maximum atomic E-state index is 9.25. The molecule has 0 spiro atoms. The lowest BCUT2D eigenvalue weighted by atomic mass is 10.2. The van der Waals surface area contributed by atoms with Gasteiger partial charge in [-0.05, 0) is 36.4 Å². The van der Waals surface area contributed by atoms with Crippen molar-refractivity contribution >= 4 is 22.7 Å². The fourth-order valence-electron chi connectivity index (χ4n) is 1.90. The first-order chi connectivity index (χ1) is 9.79. The Morgan fingerprint density at radius 2 is 1.90 bits per heavy atom. The number of hydrogen-bond acceptors (Lipinski definition) is 5. The maximum Gasteiger partial charge on any atom is 0.120 e. The summed E-state index contributed by atoms with van der Waals surface area (Å²) in [5.74, 6) is 0. The van der Waals surface area contributed by atoms with E-state index in [9.17, 15) is 5.26 Å². The van der Waals surface area contributed by atoms with Gasteiger partial charge in [-0.2, -0.15) is 5.26 Å². The van der Waals surface area contributed by atoms with Crippen LogP contribution in [0, 0.1) is 18.3 Å². The van der Waals surface area contributed by atoms with Gasteiger partial charge < -0.3 is 0 Å². The number of para-hydroxylation sites is 1. The Morgan fingerprint density at radius 3 is 2.75 bits per heavy atom. The van der Waals surface area contributed by atoms with Crippen molar-refractivity contribution in [1.82, 2.24) is 15.0 Å². The maximum absolute atomic E-state index is 9.25. The van der Waals surface area contributed by atoms with Crippen LogP contribution in [0.5, 0.6) is 0 Å². The smallest absolute Gasteiger partial charge is 0.120 e. The lowest BCUT2D eigenvalue weighted by Gasteiger charge is -2.06. The summed E-state index contributed by atoms with van der Waals surface area (Å²) < 4.78 is 0. The molecular weight excluding hydrogens is 268 g/mol. The molecule has 0 saturated heterocycles. The fourth-order valence-corrected chi connectivity index (χ4v) is 2.89. The molecule has 3 rings (SSSR count). The number of aromatic nitrogens is 3. The second-order valence-electron chi connectivity index (χ2n) is 4.22. The molecule has 3 aromatic rings. The van der Waals surface area contributed by atoms with E-state index < -0.39 is 0 Å². The molecule has 1 aromatic carbocycles. The average molecular weight is 278 g/mol. The summed E-state index contributed by atoms with van der Waals surface area (Å²) in [6.45, 7) is 1.91. The molecule has 0 bridgehead atoms. The Hall–Kier alpha value is -2.45. The molecular formula is C15H10N4S. The number of aryl methyl sites for hydroxylation is 1. The van der Waals surface area contributed by atoms with E-state index in [0.29, 0.717) is 10.6 Å². The Labute approximate surface area is 120 Å². The Balaban J connectivity index is 2.11. The van der Waals surface area contributed by atoms with Gasteiger partial charge in [-0.25, -0.2) is 15.0 Å². The Kier molecular flexibility index (Phi) is 3.32. The zero-order valence-corrected chi connectivity index (χ0v) is 11.6. The largest absolute Gasteiger partial charge is 0.248 e. The first kappa shape index (κ1) is 12.6. The molecule has 0 unspecified atom stereocenters. The number of hydrogen-bond donors (Lipinski definition) is 0. The zero-order chi connectivity index (χ0) is 13.9. The van der Waals surface area contributed by atoms with Crippen molar-refractivity contribution in [3.8, 4) is 6.07 Å². The van der Waals surface area contributed by atoms with Gasteiger partial charge in [0.2, 0.25) is 0 Å². The lowest BCUT2D eigenvalue weighted by molar-refractivity contribution is 1.06. The van der Waals surface area contributed by atoms with Crippen molar-refractivity contribution in [1.29, 1.82) is 5.26 Å². The molecule has 0 aliphatic carbocycles. The van der Waals surface area contributed by atoms with Crippen LogP contribution in [0.1, 0.15) is 11.1 Å². The molecule has 0 aliphatic heterocycles. The average Bonchev–Trinajstić information content (AvgIpc) is 2.48. The monoisotopic (exact) mass is 278 g/mol. The third kappa shape index (κ3) is 2.22. The number of pyridine rings is 1. The van der Waals surface area contributed by atoms with E-state index in [0.717, 1.165) is 21.5 Å². The normalized spacial score (nSPS) is 10.4. The van der Waals surface area contributed by atoms with Crippen LogP contribution in [0.25, 0.3) is 10.9 Å². The minimum absolute atomic E-state index is 0.597. The van der Waals surface area contributed by atoms with E-state index in [1.54, 1.807) is 6.20 Å². The number of rotatable bonds is 2. The van der Waals surface area contributed by atoms with E-state index >= 15 is 0 Å². The fraction of sp³-hybridized carbons (Fsp3) is 0.0667. The van der Waals surface area contributed by atoms with Crippen molar-refractivity contribution in [3.63, 3.8) is 0 Å². The Bertz CT molecular complexity index is 818. The van der Waals surface area contributed by atoms with E-state index in [4.69, 9.17) is 0 Å². The predicted octanol–water partition coefficient (Wildman–Crippen LogP) is 3.36. The van der Waals surface area contributed by atoms with Crippen LogP contribution >= 0.6 is 11.8 Å². The van der Waals surface area contributed by atoms with Crippen LogP contribution < -0.4 is 0 Å². The summed E-state index contributed by atoms with van der Waals surface area (Å²) in [5, 5.41) is 11.7. The molecule has 0 radical (unpaired) electrons. The van der Waals surface area contributed by atoms with Crippen LogP contribution in [0.15, 0.2) is 52.9 Å². The third-order valence-corrected chi connectivity index (χ3v) is 3.96. The van der Waals surface area contributed by atoms with Gasteiger partial charge in [0.15, 0.2) is 0 Å². The Morgan fingerprint density at radius 1 is 1.05 bits per heavy atom. The molecule has 5 heteroatoms. The highest BCUT2D eigenvalue weighted by atomic mass is 32.2. The molecule has 0 amide bonds. The first-order valence-electron chi connectivity index (χ1n) is 6.03. The van der Waals surface area contributed by atoms with Gasteiger partial charge in [0.25, 0.3) is 0 Å². The van der Waals surface area contributed by atoms with Gasteiger partial charge in [0.05, 0.1) is 11.1 Å². The van der Waals surface area contributed by atoms with E-state index in [-0.39, 0.29) is 0 Å². The second-order valence-corrected chi connectivity index (χ2v) is 5.20. The molecule has 0 atom stereocenters. The second kappa shape index (κ2) is 5.27. The van der Waals surface area contributed by atoms with Gasteiger partial charge in [0.1, 0.15) is 22.4 Å². The third-order valence-electron chi connectivity index (χ3n) is 2.94. The minimum Gasteiger partial charge on any atom is -0.248 e. The zero-order valence-electron chi connectivity index (χ0n) is 10.7. The SMILES string of the molecule is Cc1ccnc(Sc2ncnc3ccccc23)c1C#N. The van der Waals surface area contributed by atoms with Gasteiger partial charge in [-0.15, -0.1) is 0 Å². The topological polar surface area (TPSA) is 62.5 Å². The van der Waals surface area contributed by atoms with E-state index in [2.05, 4.69) is 21.0 Å². The van der Waals surface area contributed by atoms with Crippen LogP contribution in [-0.2, 0) is 0 Å². The molecule has 0 saturated carbocycles. The van der Waals surface area contributed by atoms with E-state index in [1.807, 2.05) is 37.3 Å². The highest BCUT2D eigenvalue weighted by Gasteiger charge is 2.11. The summed E-state index contributed by atoms with van der Waals surface area (Å²) in [5.41, 5.74) is 2.40. The standard InChI is InChI=1S/C15H10N4S/c1-10-6-7-17-15(12(10)8-16)20-14-11-4-2-3-5-13(11)18-9-19-14/h2-7,9H,1H3. The lowest BCUT2D eigenvalue weighted by Crippen LogP contribution is -1.92. The van der Waals surface area contributed by atoms with Crippen LogP contribution in [0.2, 0.25) is 0 Å². The number of benzene rings is 1. The van der Waals surface area contributed by atoms with Crippen molar-refractivity contribution in [2.24, 2.45) is 0 Å². The van der Waals surface area contributed by atoms with Gasteiger partial charge in [-0.3, -0.25) is 0 Å². The summed E-state index contributed by atoms with van der Waals surface area (Å²) in [6, 6.07) is 11.8. The predicted molar refractivity (Wildman–Crippen MR) is 77.4 cm³/mol. The molecule has 96 valence electrons. The summed E-state index contributed by atoms with van der Waals surface area (Å²) in [6.07, 6.45) is 3.24. The van der Waals surface area contributed by atoms with Crippen molar-refractivity contribution in [2.75, 3.05) is 0 Å². The molecule has 20 heavy (non-hydrogen) atoms. The van der Waals surface area contributed by atoms with Crippen molar-refractivity contribution < 1.29 is 0 Å². The number of nitrogens with zero attached hydrogens (tertiary/aromatic N) is 4. The van der Waals surface area contributed by atoms with Crippen LogP contribution in [0.3, 0.4) is 0 Å². The number of nitriles is 1. The first-order valence-corrected chi connectivity index (χ1v) is 6.84.